The fourth-order valence-corrected chi connectivity index (χ4v) is 3.91. The number of carboxylic acid groups (broad SMARTS) is 1. The molecule has 2 N–H and O–H groups in total. The molecule has 0 aliphatic carbocycles. The lowest BCUT2D eigenvalue weighted by molar-refractivity contribution is -0.140. The smallest absolute Gasteiger partial charge is 0.432 e. The SMILES string of the molecule is O=C(O)c1cccc(OCC2CCN(c3ccc(-c4ncc(C(F)(F)F)[nH]4)cn3)CC2)c1Cl. The van der Waals surface area contributed by atoms with Crippen molar-refractivity contribution >= 4 is 23.4 Å². The monoisotopic (exact) mass is 480 g/mol. The molecule has 1 aliphatic rings. The molecular weight excluding hydrogens is 461 g/mol. The number of nitrogens with one attached hydrogen (secondary N) is 1. The number of hydrogen-bond donors (Lipinski definition) is 2. The molecule has 174 valence electrons. The topological polar surface area (TPSA) is 91.3 Å². The molecule has 4 rings (SSSR count). The van der Waals surface area contributed by atoms with Gasteiger partial charge in [-0.15, -0.1) is 0 Å². The minimum Gasteiger partial charge on any atom is -0.492 e. The number of benzene rings is 1. The molecule has 0 amide bonds. The Kier molecular flexibility index (Phi) is 6.46. The average molecular weight is 481 g/mol. The predicted molar refractivity (Wildman–Crippen MR) is 116 cm³/mol. The van der Waals surface area contributed by atoms with Gasteiger partial charge >= 0.3 is 12.1 Å². The van der Waals surface area contributed by atoms with E-state index < -0.39 is 17.8 Å². The zero-order valence-corrected chi connectivity index (χ0v) is 18.0. The molecule has 1 fully saturated rings. The number of rotatable bonds is 6. The molecule has 1 aromatic carbocycles. The van der Waals surface area contributed by atoms with Gasteiger partial charge in [-0.25, -0.2) is 14.8 Å². The largest absolute Gasteiger partial charge is 0.492 e. The number of H-pyrrole nitrogens is 1. The molecular formula is C22H20ClF3N4O3. The van der Waals surface area contributed by atoms with Crippen molar-refractivity contribution in [3.05, 3.63) is 59.0 Å². The minimum atomic E-state index is -4.48. The van der Waals surface area contributed by atoms with Crippen LogP contribution in [0.3, 0.4) is 0 Å². The van der Waals surface area contributed by atoms with Gasteiger partial charge in [0.15, 0.2) is 0 Å². The number of aromatic carboxylic acids is 1. The number of alkyl halides is 3. The first-order valence-corrected chi connectivity index (χ1v) is 10.6. The predicted octanol–water partition coefficient (Wildman–Crippen LogP) is 5.14. The van der Waals surface area contributed by atoms with E-state index in [0.29, 0.717) is 17.9 Å². The van der Waals surface area contributed by atoms with E-state index >= 15 is 0 Å². The van der Waals surface area contributed by atoms with Crippen LogP contribution >= 0.6 is 11.6 Å². The van der Waals surface area contributed by atoms with E-state index in [9.17, 15) is 18.0 Å². The summed E-state index contributed by atoms with van der Waals surface area (Å²) in [6.07, 6.45) is -0.529. The van der Waals surface area contributed by atoms with Crippen LogP contribution in [0, 0.1) is 5.92 Å². The maximum absolute atomic E-state index is 12.7. The lowest BCUT2D eigenvalue weighted by atomic mass is 9.98. The summed E-state index contributed by atoms with van der Waals surface area (Å²) >= 11 is 6.12. The third kappa shape index (κ3) is 5.22. The Balaban J connectivity index is 1.32. The molecule has 7 nitrogen and oxygen atoms in total. The molecule has 0 atom stereocenters. The van der Waals surface area contributed by atoms with Crippen LogP contribution in [0.5, 0.6) is 5.75 Å². The van der Waals surface area contributed by atoms with Crippen LogP contribution in [0.4, 0.5) is 19.0 Å². The third-order valence-corrected chi connectivity index (χ3v) is 5.90. The summed E-state index contributed by atoms with van der Waals surface area (Å²) in [5.41, 5.74) is -0.428. The Hall–Kier alpha value is -3.27. The quantitative estimate of drug-likeness (QED) is 0.508. The van der Waals surface area contributed by atoms with E-state index in [4.69, 9.17) is 21.4 Å². The summed E-state index contributed by atoms with van der Waals surface area (Å²) in [5.74, 6) is 0.364. The van der Waals surface area contributed by atoms with Gasteiger partial charge in [-0.2, -0.15) is 13.2 Å². The summed E-state index contributed by atoms with van der Waals surface area (Å²) in [6, 6.07) is 8.11. The number of carbonyl (C=O) groups is 1. The number of anilines is 1. The number of halogens is 4. The normalized spacial score (nSPS) is 15.0. The Labute approximate surface area is 192 Å². The van der Waals surface area contributed by atoms with E-state index in [1.54, 1.807) is 24.3 Å². The van der Waals surface area contributed by atoms with E-state index in [-0.39, 0.29) is 22.3 Å². The van der Waals surface area contributed by atoms with E-state index in [1.807, 2.05) is 0 Å². The van der Waals surface area contributed by atoms with Crippen molar-refractivity contribution in [2.24, 2.45) is 5.92 Å². The highest BCUT2D eigenvalue weighted by Gasteiger charge is 2.33. The van der Waals surface area contributed by atoms with Crippen LogP contribution in [-0.2, 0) is 6.18 Å². The van der Waals surface area contributed by atoms with Crippen molar-refractivity contribution in [2.75, 3.05) is 24.6 Å². The third-order valence-electron chi connectivity index (χ3n) is 5.51. The van der Waals surface area contributed by atoms with Crippen molar-refractivity contribution in [2.45, 2.75) is 19.0 Å². The summed E-state index contributed by atoms with van der Waals surface area (Å²) in [7, 11) is 0. The molecule has 0 radical (unpaired) electrons. The van der Waals surface area contributed by atoms with Gasteiger partial charge in [0.2, 0.25) is 0 Å². The highest BCUT2D eigenvalue weighted by atomic mass is 35.5. The number of aromatic nitrogens is 3. The molecule has 0 unspecified atom stereocenters. The van der Waals surface area contributed by atoms with E-state index in [0.717, 1.165) is 37.9 Å². The van der Waals surface area contributed by atoms with Crippen molar-refractivity contribution < 1.29 is 27.8 Å². The maximum Gasteiger partial charge on any atom is 0.432 e. The van der Waals surface area contributed by atoms with Crippen LogP contribution in [0.2, 0.25) is 5.02 Å². The number of carboxylic acids is 1. The standard InChI is InChI=1S/C22H20ClF3N4O3/c23-19-15(21(31)32)2-1-3-16(19)33-12-13-6-8-30(9-7-13)18-5-4-14(10-27-18)20-28-11-17(29-20)22(24,25)26/h1-5,10-11,13H,6-9,12H2,(H,28,29)(H,31,32). The van der Waals surface area contributed by atoms with Gasteiger partial charge in [-0.1, -0.05) is 17.7 Å². The van der Waals surface area contributed by atoms with Gasteiger partial charge in [-0.3, -0.25) is 0 Å². The van der Waals surface area contributed by atoms with Crippen molar-refractivity contribution in [1.29, 1.82) is 0 Å². The molecule has 1 aliphatic heterocycles. The average Bonchev–Trinajstić information content (AvgIpc) is 3.30. The second-order valence-electron chi connectivity index (χ2n) is 7.71. The zero-order chi connectivity index (χ0) is 23.6. The van der Waals surface area contributed by atoms with Gasteiger partial charge in [0, 0.05) is 24.8 Å². The molecule has 0 saturated carbocycles. The fourth-order valence-electron chi connectivity index (χ4n) is 3.65. The van der Waals surface area contributed by atoms with Gasteiger partial charge in [0.1, 0.15) is 23.1 Å². The molecule has 11 heteroatoms. The lowest BCUT2D eigenvalue weighted by Crippen LogP contribution is -2.36. The molecule has 2 aromatic heterocycles. The number of hydrogen-bond acceptors (Lipinski definition) is 5. The molecule has 1 saturated heterocycles. The van der Waals surface area contributed by atoms with Crippen molar-refractivity contribution in [3.63, 3.8) is 0 Å². The Morgan fingerprint density at radius 3 is 2.55 bits per heavy atom. The van der Waals surface area contributed by atoms with Gasteiger partial charge in [0.25, 0.3) is 0 Å². The highest BCUT2D eigenvalue weighted by molar-refractivity contribution is 6.34. The first-order valence-electron chi connectivity index (χ1n) is 10.2. The molecule has 0 spiro atoms. The second-order valence-corrected chi connectivity index (χ2v) is 8.09. The fraction of sp³-hybridized carbons (Fsp3) is 0.318. The van der Waals surface area contributed by atoms with Crippen LogP contribution in [0.1, 0.15) is 28.9 Å². The Morgan fingerprint density at radius 1 is 1.18 bits per heavy atom. The van der Waals surface area contributed by atoms with Crippen LogP contribution < -0.4 is 9.64 Å². The van der Waals surface area contributed by atoms with E-state index in [1.165, 1.54) is 12.3 Å². The first-order chi connectivity index (χ1) is 15.7. The number of pyridine rings is 1. The Bertz CT molecular complexity index is 1130. The number of ether oxygens (including phenoxy) is 1. The van der Waals surface area contributed by atoms with Crippen molar-refractivity contribution in [3.8, 4) is 17.1 Å². The maximum atomic E-state index is 12.7. The molecule has 0 bridgehead atoms. The van der Waals surface area contributed by atoms with Gasteiger partial charge in [0.05, 0.1) is 23.4 Å². The highest BCUT2D eigenvalue weighted by Crippen LogP contribution is 2.31. The number of imidazole rings is 1. The zero-order valence-electron chi connectivity index (χ0n) is 17.3. The minimum absolute atomic E-state index is 0.00249. The summed E-state index contributed by atoms with van der Waals surface area (Å²) in [5, 5.41) is 9.25. The Morgan fingerprint density at radius 2 is 1.94 bits per heavy atom. The summed E-state index contributed by atoms with van der Waals surface area (Å²) in [4.78, 5) is 23.7. The van der Waals surface area contributed by atoms with Crippen molar-refractivity contribution in [1.82, 2.24) is 15.0 Å². The number of nitrogens with zero attached hydrogens (tertiary/aromatic N) is 3. The first kappa shape index (κ1) is 22.9. The number of aromatic amines is 1. The molecule has 3 heterocycles. The van der Waals surface area contributed by atoms with Crippen LogP contribution in [0.15, 0.2) is 42.7 Å². The summed E-state index contributed by atoms with van der Waals surface area (Å²) < 4.78 is 44.0. The van der Waals surface area contributed by atoms with Gasteiger partial charge in [-0.05, 0) is 43.0 Å². The van der Waals surface area contributed by atoms with E-state index in [2.05, 4.69) is 19.9 Å². The molecule has 3 aromatic rings. The second kappa shape index (κ2) is 9.30. The molecule has 33 heavy (non-hydrogen) atoms. The van der Waals surface area contributed by atoms with Crippen LogP contribution in [0.25, 0.3) is 11.4 Å². The lowest BCUT2D eigenvalue weighted by Gasteiger charge is -2.32. The number of piperidine rings is 1. The van der Waals surface area contributed by atoms with Gasteiger partial charge < -0.3 is 19.7 Å². The summed E-state index contributed by atoms with van der Waals surface area (Å²) in [6.45, 7) is 1.90. The van der Waals surface area contributed by atoms with Crippen LogP contribution in [-0.4, -0.2) is 45.7 Å².